The van der Waals surface area contributed by atoms with Gasteiger partial charge in [-0.3, -0.25) is 0 Å². The van der Waals surface area contributed by atoms with E-state index in [1.54, 1.807) is 31.2 Å². The smallest absolute Gasteiger partial charge is 0.149 e. The first-order chi connectivity index (χ1) is 8.97. The van der Waals surface area contributed by atoms with Crippen molar-refractivity contribution in [1.82, 2.24) is 9.97 Å². The van der Waals surface area contributed by atoms with Gasteiger partial charge >= 0.3 is 0 Å². The Morgan fingerprint density at radius 3 is 2.68 bits per heavy atom. The predicted octanol–water partition coefficient (Wildman–Crippen LogP) is 4.44. The van der Waals surface area contributed by atoms with Gasteiger partial charge in [-0.1, -0.05) is 37.6 Å². The molecule has 0 bridgehead atoms. The first-order valence-corrected chi connectivity index (χ1v) is 6.42. The second-order valence-corrected chi connectivity index (χ2v) is 5.04. The van der Waals surface area contributed by atoms with Crippen LogP contribution in [0.1, 0.15) is 31.2 Å². The highest BCUT2D eigenvalue weighted by Gasteiger charge is 2.09. The lowest BCUT2D eigenvalue weighted by atomic mass is 10.2. The summed E-state index contributed by atoms with van der Waals surface area (Å²) < 4.78 is 13.9. The van der Waals surface area contributed by atoms with Gasteiger partial charge in [-0.25, -0.2) is 14.4 Å². The van der Waals surface area contributed by atoms with Crippen molar-refractivity contribution in [2.75, 3.05) is 5.32 Å². The summed E-state index contributed by atoms with van der Waals surface area (Å²) in [6.07, 6.45) is 0. The molecule has 2 aromatic rings. The van der Waals surface area contributed by atoms with Gasteiger partial charge in [0, 0.05) is 12.0 Å². The summed E-state index contributed by atoms with van der Waals surface area (Å²) in [7, 11) is 0. The first-order valence-electron chi connectivity index (χ1n) is 6.04. The Morgan fingerprint density at radius 2 is 2.00 bits per heavy atom. The van der Waals surface area contributed by atoms with Gasteiger partial charge in [-0.2, -0.15) is 0 Å². The number of nitrogens with zero attached hydrogens (tertiary/aromatic N) is 2. The summed E-state index contributed by atoms with van der Waals surface area (Å²) in [6.45, 7) is 5.67. The lowest BCUT2D eigenvalue weighted by Crippen LogP contribution is -2.03. The lowest BCUT2D eigenvalue weighted by Gasteiger charge is -2.11. The fourth-order valence-corrected chi connectivity index (χ4v) is 1.83. The molecule has 1 heterocycles. The summed E-state index contributed by atoms with van der Waals surface area (Å²) in [4.78, 5) is 8.46. The average Bonchev–Trinajstić information content (AvgIpc) is 2.34. The predicted molar refractivity (Wildman–Crippen MR) is 75.6 cm³/mol. The van der Waals surface area contributed by atoms with Crippen LogP contribution in [-0.4, -0.2) is 9.97 Å². The highest BCUT2D eigenvalue weighted by molar-refractivity contribution is 6.29. The van der Waals surface area contributed by atoms with Crippen molar-refractivity contribution in [3.05, 3.63) is 46.6 Å². The fraction of sp³-hybridized carbons (Fsp3) is 0.286. The van der Waals surface area contributed by atoms with Gasteiger partial charge in [-0.05, 0) is 18.6 Å². The van der Waals surface area contributed by atoms with E-state index in [-0.39, 0.29) is 11.7 Å². The van der Waals surface area contributed by atoms with Gasteiger partial charge in [-0.15, -0.1) is 0 Å². The number of hydrogen-bond donors (Lipinski definition) is 1. The van der Waals surface area contributed by atoms with Crippen LogP contribution in [-0.2, 0) is 0 Å². The van der Waals surface area contributed by atoms with E-state index in [0.717, 1.165) is 0 Å². The quantitative estimate of drug-likeness (QED) is 0.844. The Hall–Kier alpha value is -1.68. The third-order valence-corrected chi connectivity index (χ3v) is 2.88. The van der Waals surface area contributed by atoms with Gasteiger partial charge in [0.25, 0.3) is 0 Å². The molecule has 0 unspecified atom stereocenters. The number of rotatable bonds is 3. The first kappa shape index (κ1) is 13.7. The number of aromatic nitrogens is 2. The van der Waals surface area contributed by atoms with Crippen LogP contribution in [0.15, 0.2) is 24.3 Å². The third kappa shape index (κ3) is 3.20. The molecule has 0 amide bonds. The van der Waals surface area contributed by atoms with Crippen LogP contribution in [0.3, 0.4) is 0 Å². The van der Waals surface area contributed by atoms with Gasteiger partial charge in [0.2, 0.25) is 0 Å². The second-order valence-electron chi connectivity index (χ2n) is 4.65. The summed E-state index contributed by atoms with van der Waals surface area (Å²) in [5, 5.41) is 3.28. The Balaban J connectivity index is 2.35. The van der Waals surface area contributed by atoms with Crippen LogP contribution in [0.4, 0.5) is 15.9 Å². The number of halogens is 2. The molecule has 1 aromatic carbocycles. The normalized spacial score (nSPS) is 10.8. The molecule has 1 N–H and O–H groups in total. The third-order valence-electron chi connectivity index (χ3n) is 2.68. The van der Waals surface area contributed by atoms with Crippen molar-refractivity contribution in [3.8, 4) is 0 Å². The zero-order valence-electron chi connectivity index (χ0n) is 11.0. The van der Waals surface area contributed by atoms with E-state index >= 15 is 0 Å². The monoisotopic (exact) mass is 279 g/mol. The molecule has 0 spiro atoms. The molecule has 19 heavy (non-hydrogen) atoms. The molecule has 0 saturated carbocycles. The zero-order valence-corrected chi connectivity index (χ0v) is 11.8. The molecule has 0 saturated heterocycles. The van der Waals surface area contributed by atoms with Crippen LogP contribution in [0.2, 0.25) is 5.15 Å². The highest BCUT2D eigenvalue weighted by atomic mass is 35.5. The van der Waals surface area contributed by atoms with Crippen molar-refractivity contribution in [3.63, 3.8) is 0 Å². The van der Waals surface area contributed by atoms with Crippen LogP contribution in [0, 0.1) is 12.7 Å². The fourth-order valence-electron chi connectivity index (χ4n) is 1.64. The Labute approximate surface area is 116 Å². The van der Waals surface area contributed by atoms with Crippen molar-refractivity contribution < 1.29 is 4.39 Å². The van der Waals surface area contributed by atoms with E-state index in [4.69, 9.17) is 11.6 Å². The lowest BCUT2D eigenvalue weighted by molar-refractivity contribution is 0.622. The van der Waals surface area contributed by atoms with Crippen molar-refractivity contribution in [1.29, 1.82) is 0 Å². The summed E-state index contributed by atoms with van der Waals surface area (Å²) in [6, 6.07) is 6.74. The van der Waals surface area contributed by atoms with E-state index in [1.165, 1.54) is 0 Å². The largest absolute Gasteiger partial charge is 0.338 e. The highest BCUT2D eigenvalue weighted by Crippen LogP contribution is 2.23. The van der Waals surface area contributed by atoms with Crippen molar-refractivity contribution in [2.24, 2.45) is 0 Å². The summed E-state index contributed by atoms with van der Waals surface area (Å²) in [5.74, 6) is 0.987. The number of anilines is 2. The molecule has 0 aliphatic rings. The maximum Gasteiger partial charge on any atom is 0.149 e. The molecule has 100 valence electrons. The van der Waals surface area contributed by atoms with E-state index in [1.807, 2.05) is 13.8 Å². The minimum atomic E-state index is -0.289. The second kappa shape index (κ2) is 5.53. The number of benzene rings is 1. The molecule has 0 atom stereocenters. The number of aryl methyl sites for hydroxylation is 1. The van der Waals surface area contributed by atoms with E-state index in [2.05, 4.69) is 15.3 Å². The SMILES string of the molecule is Cc1cccc(Nc2cc(Cl)nc(C(C)C)n2)c1F. The van der Waals surface area contributed by atoms with E-state index in [9.17, 15) is 4.39 Å². The molecule has 3 nitrogen and oxygen atoms in total. The molecule has 2 rings (SSSR count). The van der Waals surface area contributed by atoms with Crippen LogP contribution >= 0.6 is 11.6 Å². The van der Waals surface area contributed by atoms with Crippen molar-refractivity contribution in [2.45, 2.75) is 26.7 Å². The Morgan fingerprint density at radius 1 is 1.26 bits per heavy atom. The number of hydrogen-bond acceptors (Lipinski definition) is 3. The molecular weight excluding hydrogens is 265 g/mol. The molecule has 0 aliphatic carbocycles. The van der Waals surface area contributed by atoms with E-state index < -0.39 is 0 Å². The molecule has 1 aromatic heterocycles. The maximum absolute atomic E-state index is 13.9. The molecular formula is C14H15ClFN3. The standard InChI is InChI=1S/C14H15ClFN3/c1-8(2)14-18-11(15)7-12(19-14)17-10-6-4-5-9(3)13(10)16/h4-8H,1-3H3,(H,17,18,19). The Kier molecular flexibility index (Phi) is 4.00. The van der Waals surface area contributed by atoms with Gasteiger partial charge in [0.15, 0.2) is 0 Å². The van der Waals surface area contributed by atoms with E-state index in [0.29, 0.717) is 28.0 Å². The summed E-state index contributed by atoms with van der Waals surface area (Å²) >= 11 is 5.95. The molecule has 0 radical (unpaired) electrons. The van der Waals surface area contributed by atoms with Gasteiger partial charge in [0.1, 0.15) is 22.6 Å². The van der Waals surface area contributed by atoms with Gasteiger partial charge < -0.3 is 5.32 Å². The van der Waals surface area contributed by atoms with Crippen LogP contribution in [0.5, 0.6) is 0 Å². The maximum atomic E-state index is 13.9. The average molecular weight is 280 g/mol. The van der Waals surface area contributed by atoms with Crippen LogP contribution < -0.4 is 5.32 Å². The minimum Gasteiger partial charge on any atom is -0.338 e. The Bertz CT molecular complexity index is 599. The van der Waals surface area contributed by atoms with Gasteiger partial charge in [0.05, 0.1) is 5.69 Å². The molecule has 5 heteroatoms. The molecule has 0 aliphatic heterocycles. The number of nitrogens with one attached hydrogen (secondary N) is 1. The zero-order chi connectivity index (χ0) is 14.0. The van der Waals surface area contributed by atoms with Crippen LogP contribution in [0.25, 0.3) is 0 Å². The topological polar surface area (TPSA) is 37.8 Å². The summed E-state index contributed by atoms with van der Waals surface area (Å²) in [5.41, 5.74) is 0.957. The molecule has 0 fully saturated rings. The minimum absolute atomic E-state index is 0.154. The van der Waals surface area contributed by atoms with Crippen molar-refractivity contribution >= 4 is 23.1 Å².